The lowest BCUT2D eigenvalue weighted by atomic mass is 10.1. The zero-order chi connectivity index (χ0) is 15.2. The summed E-state index contributed by atoms with van der Waals surface area (Å²) in [7, 11) is 3.16. The van der Waals surface area contributed by atoms with Crippen LogP contribution in [-0.2, 0) is 6.61 Å². The predicted octanol–water partition coefficient (Wildman–Crippen LogP) is 3.49. The van der Waals surface area contributed by atoms with Crippen LogP contribution in [0.25, 0.3) is 0 Å². The van der Waals surface area contributed by atoms with Crippen molar-refractivity contribution in [1.82, 2.24) is 0 Å². The largest absolute Gasteiger partial charge is 0.497 e. The van der Waals surface area contributed by atoms with E-state index in [2.05, 4.69) is 0 Å². The molecular weight excluding hydrogens is 268 g/mol. The van der Waals surface area contributed by atoms with Crippen molar-refractivity contribution in [2.75, 3.05) is 14.2 Å². The van der Waals surface area contributed by atoms with Crippen LogP contribution >= 0.6 is 0 Å². The molecule has 0 heterocycles. The molecule has 21 heavy (non-hydrogen) atoms. The molecule has 110 valence electrons. The van der Waals surface area contributed by atoms with Crippen molar-refractivity contribution in [3.8, 4) is 17.2 Å². The van der Waals surface area contributed by atoms with Gasteiger partial charge in [0.1, 0.15) is 29.4 Å². The van der Waals surface area contributed by atoms with Crippen molar-refractivity contribution in [1.29, 1.82) is 0 Å². The summed E-state index contributed by atoms with van der Waals surface area (Å²) in [6.45, 7) is 1.85. The van der Waals surface area contributed by atoms with Crippen LogP contribution in [0.15, 0.2) is 42.5 Å². The number of hydrogen-bond donors (Lipinski definition) is 0. The topological polar surface area (TPSA) is 44.8 Å². The minimum atomic E-state index is -0.0897. The molecule has 0 saturated carbocycles. The highest BCUT2D eigenvalue weighted by Gasteiger charge is 2.14. The van der Waals surface area contributed by atoms with Crippen LogP contribution in [-0.4, -0.2) is 20.0 Å². The molecule has 2 aromatic carbocycles. The first-order valence-electron chi connectivity index (χ1n) is 6.59. The Kier molecular flexibility index (Phi) is 4.82. The number of rotatable bonds is 6. The first kappa shape index (κ1) is 14.9. The number of carbonyl (C=O) groups excluding carboxylic acids is 1. The SMILES string of the molecule is COc1cccc(COc2cccc(OC)c2C(C)=O)c1. The summed E-state index contributed by atoms with van der Waals surface area (Å²) < 4.78 is 16.2. The van der Waals surface area contributed by atoms with E-state index in [4.69, 9.17) is 14.2 Å². The molecule has 4 nitrogen and oxygen atoms in total. The molecule has 0 N–H and O–H groups in total. The summed E-state index contributed by atoms with van der Waals surface area (Å²) in [5, 5.41) is 0. The maximum absolute atomic E-state index is 11.8. The molecule has 0 saturated heterocycles. The third-order valence-corrected chi connectivity index (χ3v) is 3.09. The molecular formula is C17H18O4. The van der Waals surface area contributed by atoms with Crippen molar-refractivity contribution >= 4 is 5.78 Å². The van der Waals surface area contributed by atoms with Crippen LogP contribution in [0.5, 0.6) is 17.2 Å². The van der Waals surface area contributed by atoms with Crippen LogP contribution in [0.1, 0.15) is 22.8 Å². The molecule has 0 aliphatic heterocycles. The van der Waals surface area contributed by atoms with Crippen LogP contribution in [0.4, 0.5) is 0 Å². The maximum atomic E-state index is 11.8. The van der Waals surface area contributed by atoms with E-state index in [9.17, 15) is 4.79 Å². The van der Waals surface area contributed by atoms with Gasteiger partial charge in [-0.1, -0.05) is 18.2 Å². The Morgan fingerprint density at radius 1 is 1.00 bits per heavy atom. The van der Waals surface area contributed by atoms with Gasteiger partial charge in [-0.25, -0.2) is 0 Å². The minimum Gasteiger partial charge on any atom is -0.497 e. The molecule has 0 atom stereocenters. The monoisotopic (exact) mass is 286 g/mol. The van der Waals surface area contributed by atoms with Gasteiger partial charge in [-0.05, 0) is 36.8 Å². The molecule has 0 aromatic heterocycles. The first-order valence-corrected chi connectivity index (χ1v) is 6.59. The van der Waals surface area contributed by atoms with Gasteiger partial charge in [0, 0.05) is 0 Å². The molecule has 0 fully saturated rings. The van der Waals surface area contributed by atoms with E-state index in [-0.39, 0.29) is 5.78 Å². The predicted molar refractivity (Wildman–Crippen MR) is 80.3 cm³/mol. The number of hydrogen-bond acceptors (Lipinski definition) is 4. The van der Waals surface area contributed by atoms with E-state index in [1.165, 1.54) is 14.0 Å². The average Bonchev–Trinajstić information content (AvgIpc) is 2.52. The Balaban J connectivity index is 2.21. The van der Waals surface area contributed by atoms with Gasteiger partial charge >= 0.3 is 0 Å². The Morgan fingerprint density at radius 2 is 1.71 bits per heavy atom. The van der Waals surface area contributed by atoms with Gasteiger partial charge in [-0.2, -0.15) is 0 Å². The zero-order valence-electron chi connectivity index (χ0n) is 12.4. The summed E-state index contributed by atoms with van der Waals surface area (Å²) in [6.07, 6.45) is 0. The van der Waals surface area contributed by atoms with Crippen molar-refractivity contribution < 1.29 is 19.0 Å². The molecule has 0 bridgehead atoms. The normalized spacial score (nSPS) is 10.0. The molecule has 0 aliphatic carbocycles. The number of Topliss-reactive ketones (excluding diaryl/α,β-unsaturated/α-hetero) is 1. The lowest BCUT2D eigenvalue weighted by Gasteiger charge is -2.13. The number of benzene rings is 2. The van der Waals surface area contributed by atoms with E-state index >= 15 is 0 Å². The number of carbonyl (C=O) groups is 1. The quantitative estimate of drug-likeness (QED) is 0.763. The number of methoxy groups -OCH3 is 2. The molecule has 2 aromatic rings. The molecule has 0 aliphatic rings. The van der Waals surface area contributed by atoms with Crippen molar-refractivity contribution in [2.45, 2.75) is 13.5 Å². The smallest absolute Gasteiger partial charge is 0.167 e. The third kappa shape index (κ3) is 3.54. The van der Waals surface area contributed by atoms with Crippen molar-refractivity contribution in [2.24, 2.45) is 0 Å². The fraction of sp³-hybridized carbons (Fsp3) is 0.235. The highest BCUT2D eigenvalue weighted by atomic mass is 16.5. The van der Waals surface area contributed by atoms with Gasteiger partial charge in [0.15, 0.2) is 5.78 Å². The van der Waals surface area contributed by atoms with Crippen LogP contribution in [0.2, 0.25) is 0 Å². The van der Waals surface area contributed by atoms with Gasteiger partial charge in [0.2, 0.25) is 0 Å². The second-order valence-corrected chi connectivity index (χ2v) is 4.53. The Bertz CT molecular complexity index is 634. The third-order valence-electron chi connectivity index (χ3n) is 3.09. The summed E-state index contributed by atoms with van der Waals surface area (Å²) in [5.74, 6) is 1.72. The van der Waals surface area contributed by atoms with Gasteiger partial charge < -0.3 is 14.2 Å². The minimum absolute atomic E-state index is 0.0897. The zero-order valence-corrected chi connectivity index (χ0v) is 12.4. The molecule has 4 heteroatoms. The van der Waals surface area contributed by atoms with E-state index in [1.807, 2.05) is 24.3 Å². The fourth-order valence-corrected chi connectivity index (χ4v) is 2.07. The second kappa shape index (κ2) is 6.79. The number of ketones is 1. The van der Waals surface area contributed by atoms with E-state index < -0.39 is 0 Å². The van der Waals surface area contributed by atoms with Gasteiger partial charge in [-0.3, -0.25) is 4.79 Å². The lowest BCUT2D eigenvalue weighted by molar-refractivity contribution is 0.101. The molecule has 0 radical (unpaired) electrons. The van der Waals surface area contributed by atoms with Gasteiger partial charge in [0.05, 0.1) is 14.2 Å². The maximum Gasteiger partial charge on any atom is 0.167 e. The van der Waals surface area contributed by atoms with Gasteiger partial charge in [-0.15, -0.1) is 0 Å². The second-order valence-electron chi connectivity index (χ2n) is 4.53. The van der Waals surface area contributed by atoms with Crippen LogP contribution < -0.4 is 14.2 Å². The molecule has 0 amide bonds. The summed E-state index contributed by atoms with van der Waals surface area (Å²) >= 11 is 0. The summed E-state index contributed by atoms with van der Waals surface area (Å²) in [4.78, 5) is 11.8. The molecule has 0 unspecified atom stereocenters. The highest BCUT2D eigenvalue weighted by molar-refractivity contribution is 5.99. The van der Waals surface area contributed by atoms with Crippen molar-refractivity contribution in [3.63, 3.8) is 0 Å². The first-order chi connectivity index (χ1) is 10.2. The Morgan fingerprint density at radius 3 is 2.38 bits per heavy atom. The lowest BCUT2D eigenvalue weighted by Crippen LogP contribution is -2.04. The summed E-state index contributed by atoms with van der Waals surface area (Å²) in [5.41, 5.74) is 1.43. The van der Waals surface area contributed by atoms with E-state index in [0.717, 1.165) is 11.3 Å². The molecule has 2 rings (SSSR count). The van der Waals surface area contributed by atoms with E-state index in [1.54, 1.807) is 25.3 Å². The summed E-state index contributed by atoms with van der Waals surface area (Å²) in [6, 6.07) is 12.9. The van der Waals surface area contributed by atoms with Crippen LogP contribution in [0.3, 0.4) is 0 Å². The Labute approximate surface area is 124 Å². The Hall–Kier alpha value is -2.49. The average molecular weight is 286 g/mol. The molecule has 0 spiro atoms. The van der Waals surface area contributed by atoms with Crippen LogP contribution in [0, 0.1) is 0 Å². The fourth-order valence-electron chi connectivity index (χ4n) is 2.07. The highest BCUT2D eigenvalue weighted by Crippen LogP contribution is 2.29. The van der Waals surface area contributed by atoms with E-state index in [0.29, 0.717) is 23.7 Å². The number of ether oxygens (including phenoxy) is 3. The van der Waals surface area contributed by atoms with Gasteiger partial charge in [0.25, 0.3) is 0 Å². The van der Waals surface area contributed by atoms with Crippen molar-refractivity contribution in [3.05, 3.63) is 53.6 Å². The standard InChI is InChI=1S/C17H18O4/c1-12(18)17-15(20-3)8-5-9-16(17)21-11-13-6-4-7-14(10-13)19-2/h4-10H,11H2,1-3H3.